The van der Waals surface area contributed by atoms with Gasteiger partial charge >= 0.3 is 12.5 Å². The molecule has 0 radical (unpaired) electrons. The molecule has 0 aliphatic carbocycles. The molecule has 4 heterocycles. The summed E-state index contributed by atoms with van der Waals surface area (Å²) in [5.41, 5.74) is 2.00. The van der Waals surface area contributed by atoms with E-state index in [9.17, 15) is 40.3 Å². The third-order valence-corrected chi connectivity index (χ3v) is 7.62. The largest absolute Gasteiger partial charge is 0.573 e. The molecule has 3 aromatic heterocycles. The number of amides is 2. The Morgan fingerprint density at radius 1 is 1.00 bits per heavy atom. The number of fused-ring (bicyclic) bond motifs is 1. The van der Waals surface area contributed by atoms with E-state index < -0.39 is 48.9 Å². The minimum atomic E-state index is -4.94. The number of nitrogens with one attached hydrogen (secondary N) is 2. The van der Waals surface area contributed by atoms with Crippen molar-refractivity contribution in [3.8, 4) is 5.75 Å². The molecule has 1 aliphatic heterocycles. The molecule has 0 spiro atoms. The van der Waals surface area contributed by atoms with Crippen LogP contribution in [0.3, 0.4) is 0 Å². The molecular weight excluding hydrogens is 641 g/mol. The Morgan fingerprint density at radius 2 is 1.77 bits per heavy atom. The lowest BCUT2D eigenvalue weighted by molar-refractivity contribution is -0.274. The van der Waals surface area contributed by atoms with Gasteiger partial charge in [0.15, 0.2) is 11.3 Å². The molecule has 5 rings (SSSR count). The van der Waals surface area contributed by atoms with Crippen LogP contribution in [-0.2, 0) is 24.3 Å². The van der Waals surface area contributed by atoms with Crippen molar-refractivity contribution in [1.29, 1.82) is 0 Å². The van der Waals surface area contributed by atoms with E-state index in [4.69, 9.17) is 0 Å². The summed E-state index contributed by atoms with van der Waals surface area (Å²) in [7, 11) is 0. The van der Waals surface area contributed by atoms with Crippen molar-refractivity contribution in [2.24, 2.45) is 0 Å². The summed E-state index contributed by atoms with van der Waals surface area (Å²) in [6.07, 6.45) is -6.46. The lowest BCUT2D eigenvalue weighted by atomic mass is 9.93. The third-order valence-electron chi connectivity index (χ3n) is 7.62. The Hall–Kier alpha value is -4.77. The zero-order valence-corrected chi connectivity index (χ0v) is 24.7. The Morgan fingerprint density at radius 3 is 2.49 bits per heavy atom. The average molecular weight is 671 g/mol. The van der Waals surface area contributed by atoms with Crippen LogP contribution >= 0.6 is 0 Å². The van der Waals surface area contributed by atoms with Gasteiger partial charge < -0.3 is 19.9 Å². The highest BCUT2D eigenvalue weighted by Crippen LogP contribution is 2.31. The normalized spacial score (nSPS) is 14.5. The molecule has 0 bridgehead atoms. The van der Waals surface area contributed by atoms with E-state index in [-0.39, 0.29) is 30.3 Å². The number of benzene rings is 1. The zero-order chi connectivity index (χ0) is 33.8. The number of piperidine rings is 1. The maximum absolute atomic E-state index is 14.0. The molecule has 252 valence electrons. The molecule has 1 aliphatic rings. The molecule has 18 heteroatoms. The van der Waals surface area contributed by atoms with Crippen molar-refractivity contribution in [2.45, 2.75) is 70.1 Å². The van der Waals surface area contributed by atoms with Crippen LogP contribution in [0.1, 0.15) is 65.5 Å². The summed E-state index contributed by atoms with van der Waals surface area (Å²) in [5, 5.41) is 19.5. The van der Waals surface area contributed by atoms with Crippen LogP contribution < -0.4 is 10.1 Å². The second-order valence-corrected chi connectivity index (χ2v) is 11.1. The molecule has 0 saturated carbocycles. The molecule has 4 aromatic rings. The number of carbonyl (C=O) groups is 2. The number of likely N-dealkylation sites (tertiary alicyclic amines) is 1. The number of alkyl halides is 6. The summed E-state index contributed by atoms with van der Waals surface area (Å²) in [4.78, 5) is 28.8. The van der Waals surface area contributed by atoms with E-state index in [1.54, 1.807) is 0 Å². The summed E-state index contributed by atoms with van der Waals surface area (Å²) >= 11 is 0. The smallest absolute Gasteiger partial charge is 0.406 e. The first-order chi connectivity index (χ1) is 22.2. The second-order valence-electron chi connectivity index (χ2n) is 11.1. The van der Waals surface area contributed by atoms with Gasteiger partial charge in [-0.3, -0.25) is 14.3 Å². The van der Waals surface area contributed by atoms with Gasteiger partial charge in [-0.05, 0) is 62.4 Å². The van der Waals surface area contributed by atoms with E-state index in [1.165, 1.54) is 15.8 Å². The van der Waals surface area contributed by atoms with Crippen LogP contribution in [0.5, 0.6) is 5.75 Å². The fourth-order valence-electron chi connectivity index (χ4n) is 5.30. The number of nitrogens with zero attached hydrogens (tertiary/aromatic N) is 6. The Labute approximate surface area is 262 Å². The molecule has 0 unspecified atom stereocenters. The van der Waals surface area contributed by atoms with Crippen LogP contribution in [0, 0.1) is 5.82 Å². The molecule has 1 saturated heterocycles. The fourth-order valence-corrected chi connectivity index (χ4v) is 5.30. The van der Waals surface area contributed by atoms with Crippen molar-refractivity contribution >= 4 is 22.8 Å². The van der Waals surface area contributed by atoms with Gasteiger partial charge in [-0.1, -0.05) is 5.21 Å². The number of aryl methyl sites for hydroxylation is 2. The number of hydrogen-bond donors (Lipinski definition) is 2. The summed E-state index contributed by atoms with van der Waals surface area (Å²) in [6, 6.07) is 6.35. The standard InChI is InChI=1S/C29H29F7N8O3/c30-22-5-4-21(47-29(34,35)36)12-19(22)15-37-27(46)24-16-44(42-40-24)8-2-1-3-20-11-18-13-23(38-26(18)41-39-20)17-6-9-43(10-7-17)25(45)14-28(31,32)33/h4-5,11-13,16-17H,1-3,6-10,14-15H2,(H,37,46)(H,38,41). The SMILES string of the molecule is O=C(NCc1cc(OC(F)(F)F)ccc1F)c1cn(CCCCc2cc3cc(C4CCN(C(=O)CC(F)(F)F)CC4)[nH]c3nn2)nn1. The van der Waals surface area contributed by atoms with Gasteiger partial charge in [0.2, 0.25) is 5.91 Å². The predicted octanol–water partition coefficient (Wildman–Crippen LogP) is 5.20. The third kappa shape index (κ3) is 9.38. The van der Waals surface area contributed by atoms with Crippen LogP contribution in [0.15, 0.2) is 36.5 Å². The van der Waals surface area contributed by atoms with Crippen molar-refractivity contribution in [2.75, 3.05) is 13.1 Å². The second kappa shape index (κ2) is 13.9. The summed E-state index contributed by atoms with van der Waals surface area (Å²) in [5.74, 6) is -2.96. The number of hydrogen-bond acceptors (Lipinski definition) is 7. The van der Waals surface area contributed by atoms with Gasteiger partial charge in [-0.25, -0.2) is 4.39 Å². The molecule has 47 heavy (non-hydrogen) atoms. The van der Waals surface area contributed by atoms with Gasteiger partial charge in [0, 0.05) is 48.7 Å². The Bertz CT molecular complexity index is 1710. The van der Waals surface area contributed by atoms with E-state index >= 15 is 0 Å². The Balaban J connectivity index is 1.06. The number of unbranched alkanes of at least 4 members (excludes halogenated alkanes) is 1. The van der Waals surface area contributed by atoms with E-state index in [0.29, 0.717) is 44.3 Å². The maximum Gasteiger partial charge on any atom is 0.573 e. The van der Waals surface area contributed by atoms with Gasteiger partial charge in [-0.15, -0.1) is 23.4 Å². The molecule has 11 nitrogen and oxygen atoms in total. The summed E-state index contributed by atoms with van der Waals surface area (Å²) < 4.78 is 94.3. The van der Waals surface area contributed by atoms with E-state index in [1.807, 2.05) is 12.1 Å². The number of carbonyl (C=O) groups excluding carboxylic acids is 2. The van der Waals surface area contributed by atoms with E-state index in [2.05, 4.69) is 35.5 Å². The molecular formula is C29H29F7N8O3. The van der Waals surface area contributed by atoms with Crippen molar-refractivity contribution < 1.29 is 45.1 Å². The molecule has 0 atom stereocenters. The monoisotopic (exact) mass is 670 g/mol. The van der Waals surface area contributed by atoms with Gasteiger partial charge in [-0.2, -0.15) is 18.3 Å². The van der Waals surface area contributed by atoms with Crippen molar-refractivity contribution in [3.63, 3.8) is 0 Å². The number of halogens is 7. The quantitative estimate of drug-likeness (QED) is 0.166. The van der Waals surface area contributed by atoms with Crippen molar-refractivity contribution in [1.82, 2.24) is 40.4 Å². The lowest BCUT2D eigenvalue weighted by Crippen LogP contribution is -2.39. The number of ether oxygens (including phenoxy) is 1. The first-order valence-electron chi connectivity index (χ1n) is 14.6. The van der Waals surface area contributed by atoms with Crippen LogP contribution in [0.25, 0.3) is 11.0 Å². The first-order valence-corrected chi connectivity index (χ1v) is 14.6. The highest BCUT2D eigenvalue weighted by atomic mass is 19.4. The van der Waals surface area contributed by atoms with E-state index in [0.717, 1.165) is 35.0 Å². The van der Waals surface area contributed by atoms with Crippen LogP contribution in [-0.4, -0.2) is 72.5 Å². The lowest BCUT2D eigenvalue weighted by Gasteiger charge is -2.31. The molecule has 2 N–H and O–H groups in total. The topological polar surface area (TPSA) is 131 Å². The van der Waals surface area contributed by atoms with Crippen LogP contribution in [0.2, 0.25) is 0 Å². The van der Waals surface area contributed by atoms with Gasteiger partial charge in [0.05, 0.1) is 11.9 Å². The number of H-pyrrole nitrogens is 1. The fraction of sp³-hybridized carbons (Fsp3) is 0.448. The highest BCUT2D eigenvalue weighted by molar-refractivity contribution is 5.91. The average Bonchev–Trinajstić information content (AvgIpc) is 3.65. The Kier molecular flexibility index (Phi) is 9.95. The maximum atomic E-state index is 14.0. The minimum Gasteiger partial charge on any atom is -0.406 e. The molecule has 2 amide bonds. The number of aromatic nitrogens is 6. The highest BCUT2D eigenvalue weighted by Gasteiger charge is 2.35. The first kappa shape index (κ1) is 33.6. The number of rotatable bonds is 11. The zero-order valence-electron chi connectivity index (χ0n) is 24.7. The van der Waals surface area contributed by atoms with Crippen molar-refractivity contribution in [3.05, 3.63) is 65.0 Å². The predicted molar refractivity (Wildman–Crippen MR) is 150 cm³/mol. The van der Waals surface area contributed by atoms with Gasteiger partial charge in [0.1, 0.15) is 18.0 Å². The molecule has 1 fully saturated rings. The van der Waals surface area contributed by atoms with Crippen LogP contribution in [0.4, 0.5) is 30.7 Å². The summed E-state index contributed by atoms with van der Waals surface area (Å²) in [6.45, 7) is 0.539. The van der Waals surface area contributed by atoms with Gasteiger partial charge in [0.25, 0.3) is 5.91 Å². The molecule has 1 aromatic carbocycles. The minimum absolute atomic E-state index is 0.0498. The number of aromatic amines is 1.